The molecule has 1 fully saturated rings. The number of ether oxygens (including phenoxy) is 1. The highest BCUT2D eigenvalue weighted by Crippen LogP contribution is 2.30. The van der Waals surface area contributed by atoms with E-state index in [9.17, 15) is 0 Å². The highest BCUT2D eigenvalue weighted by molar-refractivity contribution is 5.40. The van der Waals surface area contributed by atoms with E-state index in [2.05, 4.69) is 11.1 Å². The third kappa shape index (κ3) is 2.99. The van der Waals surface area contributed by atoms with Crippen molar-refractivity contribution in [3.05, 3.63) is 24.0 Å². The molecule has 0 radical (unpaired) electrons. The van der Waals surface area contributed by atoms with Crippen molar-refractivity contribution in [1.82, 2.24) is 4.98 Å². The zero-order valence-electron chi connectivity index (χ0n) is 10.5. The molecule has 2 rings (SSSR count). The van der Waals surface area contributed by atoms with Crippen LogP contribution in [0.4, 0.5) is 0 Å². The molecule has 0 bridgehead atoms. The van der Waals surface area contributed by atoms with Gasteiger partial charge in [0, 0.05) is 6.20 Å². The summed E-state index contributed by atoms with van der Waals surface area (Å²) >= 11 is 0. The van der Waals surface area contributed by atoms with Crippen LogP contribution < -0.4 is 10.5 Å². The zero-order valence-corrected chi connectivity index (χ0v) is 10.5. The topological polar surface area (TPSA) is 71.9 Å². The average Bonchev–Trinajstić information content (AvgIpc) is 2.45. The van der Waals surface area contributed by atoms with Crippen LogP contribution in [0.3, 0.4) is 0 Å². The first kappa shape index (κ1) is 12.8. The Morgan fingerprint density at radius 1 is 1.39 bits per heavy atom. The van der Waals surface area contributed by atoms with Crippen molar-refractivity contribution in [1.29, 1.82) is 5.26 Å². The molecule has 18 heavy (non-hydrogen) atoms. The van der Waals surface area contributed by atoms with Gasteiger partial charge in [0.05, 0.1) is 18.4 Å². The highest BCUT2D eigenvalue weighted by atomic mass is 16.5. The summed E-state index contributed by atoms with van der Waals surface area (Å²) in [5, 5.41) is 8.98. The first-order chi connectivity index (χ1) is 8.85. The van der Waals surface area contributed by atoms with Gasteiger partial charge in [-0.15, -0.1) is 0 Å². The summed E-state index contributed by atoms with van der Waals surface area (Å²) in [5.41, 5.74) is 6.34. The standard InChI is InChI=1S/C14H19N3O/c15-7-11-3-1-2-4-13(11)10-18-14-9-17-6-5-12(14)8-16/h5-6,9,11,13H,1-4,7,10,15H2. The second-order valence-corrected chi connectivity index (χ2v) is 4.83. The molecule has 1 aromatic rings. The fourth-order valence-corrected chi connectivity index (χ4v) is 2.60. The van der Waals surface area contributed by atoms with E-state index in [-0.39, 0.29) is 0 Å². The van der Waals surface area contributed by atoms with E-state index < -0.39 is 0 Å². The number of pyridine rings is 1. The number of rotatable bonds is 4. The van der Waals surface area contributed by atoms with Crippen molar-refractivity contribution in [3.63, 3.8) is 0 Å². The fourth-order valence-electron chi connectivity index (χ4n) is 2.60. The Morgan fingerprint density at radius 3 is 2.89 bits per heavy atom. The summed E-state index contributed by atoms with van der Waals surface area (Å²) in [6.45, 7) is 1.37. The van der Waals surface area contributed by atoms with Crippen LogP contribution in [-0.2, 0) is 0 Å². The van der Waals surface area contributed by atoms with Gasteiger partial charge in [-0.2, -0.15) is 5.26 Å². The molecule has 4 heteroatoms. The molecule has 1 heterocycles. The molecule has 1 aliphatic carbocycles. The van der Waals surface area contributed by atoms with Crippen LogP contribution >= 0.6 is 0 Å². The number of hydrogen-bond donors (Lipinski definition) is 1. The predicted octanol–water partition coefficient (Wildman–Crippen LogP) is 2.10. The van der Waals surface area contributed by atoms with E-state index in [1.165, 1.54) is 25.7 Å². The van der Waals surface area contributed by atoms with Crippen LogP contribution in [0.1, 0.15) is 31.2 Å². The van der Waals surface area contributed by atoms with Crippen LogP contribution in [0, 0.1) is 23.2 Å². The molecule has 0 spiro atoms. The third-order valence-corrected chi connectivity index (χ3v) is 3.73. The van der Waals surface area contributed by atoms with Crippen molar-refractivity contribution in [3.8, 4) is 11.8 Å². The lowest BCUT2D eigenvalue weighted by Gasteiger charge is -2.30. The SMILES string of the molecule is N#Cc1ccncc1OCC1CCCCC1CN. The molecular formula is C14H19N3O. The van der Waals surface area contributed by atoms with Crippen molar-refractivity contribution in [2.24, 2.45) is 17.6 Å². The maximum absolute atomic E-state index is 8.98. The summed E-state index contributed by atoms with van der Waals surface area (Å²) in [4.78, 5) is 4.00. The number of aromatic nitrogens is 1. The number of hydrogen-bond acceptors (Lipinski definition) is 4. The van der Waals surface area contributed by atoms with Crippen LogP contribution in [0.25, 0.3) is 0 Å². The Kier molecular flexibility index (Phi) is 4.54. The van der Waals surface area contributed by atoms with Gasteiger partial charge in [0.1, 0.15) is 6.07 Å². The van der Waals surface area contributed by atoms with E-state index in [1.807, 2.05) is 0 Å². The molecule has 0 aliphatic heterocycles. The van der Waals surface area contributed by atoms with Gasteiger partial charge in [0.15, 0.2) is 5.75 Å². The molecule has 0 amide bonds. The monoisotopic (exact) mass is 245 g/mol. The van der Waals surface area contributed by atoms with Gasteiger partial charge in [0.2, 0.25) is 0 Å². The van der Waals surface area contributed by atoms with E-state index >= 15 is 0 Å². The van der Waals surface area contributed by atoms with Crippen molar-refractivity contribution >= 4 is 0 Å². The third-order valence-electron chi connectivity index (χ3n) is 3.73. The molecule has 2 unspecified atom stereocenters. The first-order valence-electron chi connectivity index (χ1n) is 6.52. The summed E-state index contributed by atoms with van der Waals surface area (Å²) in [6.07, 6.45) is 8.11. The van der Waals surface area contributed by atoms with E-state index in [1.54, 1.807) is 18.5 Å². The quantitative estimate of drug-likeness (QED) is 0.881. The fraction of sp³-hybridized carbons (Fsp3) is 0.571. The smallest absolute Gasteiger partial charge is 0.155 e. The highest BCUT2D eigenvalue weighted by Gasteiger charge is 2.24. The minimum Gasteiger partial charge on any atom is -0.490 e. The number of nitrogens with two attached hydrogens (primary N) is 1. The Labute approximate surface area is 108 Å². The number of nitrogens with zero attached hydrogens (tertiary/aromatic N) is 2. The molecule has 2 atom stereocenters. The van der Waals surface area contributed by atoms with E-state index in [0.29, 0.717) is 29.8 Å². The zero-order chi connectivity index (χ0) is 12.8. The molecule has 1 aromatic heterocycles. The molecule has 0 aromatic carbocycles. The largest absolute Gasteiger partial charge is 0.490 e. The van der Waals surface area contributed by atoms with Gasteiger partial charge >= 0.3 is 0 Å². The van der Waals surface area contributed by atoms with Gasteiger partial charge in [-0.25, -0.2) is 0 Å². The van der Waals surface area contributed by atoms with Crippen molar-refractivity contribution in [2.75, 3.05) is 13.2 Å². The first-order valence-corrected chi connectivity index (χ1v) is 6.52. The predicted molar refractivity (Wildman–Crippen MR) is 68.9 cm³/mol. The lowest BCUT2D eigenvalue weighted by atomic mass is 9.80. The minimum absolute atomic E-state index is 0.510. The summed E-state index contributed by atoms with van der Waals surface area (Å²) in [7, 11) is 0. The van der Waals surface area contributed by atoms with Crippen LogP contribution in [-0.4, -0.2) is 18.1 Å². The maximum atomic E-state index is 8.98. The van der Waals surface area contributed by atoms with Gasteiger partial charge in [-0.05, 0) is 37.3 Å². The average molecular weight is 245 g/mol. The van der Waals surface area contributed by atoms with Crippen LogP contribution in [0.2, 0.25) is 0 Å². The Balaban J connectivity index is 1.96. The molecule has 96 valence electrons. The molecule has 1 saturated carbocycles. The van der Waals surface area contributed by atoms with E-state index in [4.69, 9.17) is 15.7 Å². The second-order valence-electron chi connectivity index (χ2n) is 4.83. The van der Waals surface area contributed by atoms with Gasteiger partial charge in [0.25, 0.3) is 0 Å². The summed E-state index contributed by atoms with van der Waals surface area (Å²) < 4.78 is 5.76. The number of nitriles is 1. The lowest BCUT2D eigenvalue weighted by Crippen LogP contribution is -2.30. The Bertz CT molecular complexity index is 427. The van der Waals surface area contributed by atoms with Crippen LogP contribution in [0.15, 0.2) is 18.5 Å². The van der Waals surface area contributed by atoms with Gasteiger partial charge in [-0.1, -0.05) is 12.8 Å². The van der Waals surface area contributed by atoms with E-state index in [0.717, 1.165) is 6.54 Å². The Morgan fingerprint density at radius 2 is 2.17 bits per heavy atom. The lowest BCUT2D eigenvalue weighted by molar-refractivity contribution is 0.152. The molecular weight excluding hydrogens is 226 g/mol. The second kappa shape index (κ2) is 6.36. The minimum atomic E-state index is 0.510. The Hall–Kier alpha value is -1.60. The summed E-state index contributed by atoms with van der Waals surface area (Å²) in [6, 6.07) is 3.80. The summed E-state index contributed by atoms with van der Waals surface area (Å²) in [5.74, 6) is 1.65. The molecule has 2 N–H and O–H groups in total. The van der Waals surface area contributed by atoms with Crippen molar-refractivity contribution in [2.45, 2.75) is 25.7 Å². The molecule has 0 saturated heterocycles. The molecule has 4 nitrogen and oxygen atoms in total. The maximum Gasteiger partial charge on any atom is 0.155 e. The molecule has 1 aliphatic rings. The van der Waals surface area contributed by atoms with Gasteiger partial charge in [-0.3, -0.25) is 4.98 Å². The van der Waals surface area contributed by atoms with Gasteiger partial charge < -0.3 is 10.5 Å². The van der Waals surface area contributed by atoms with Crippen LogP contribution in [0.5, 0.6) is 5.75 Å². The normalized spacial score (nSPS) is 23.3. The van der Waals surface area contributed by atoms with Crippen molar-refractivity contribution < 1.29 is 4.74 Å².